The Balaban J connectivity index is 1.21. The summed E-state index contributed by atoms with van der Waals surface area (Å²) in [7, 11) is -16.4. The van der Waals surface area contributed by atoms with Gasteiger partial charge in [0.15, 0.2) is 17.7 Å². The van der Waals surface area contributed by atoms with Crippen LogP contribution in [0.2, 0.25) is 0 Å². The highest BCUT2D eigenvalue weighted by Crippen LogP contribution is 2.61. The molecule has 7 atom stereocenters. The number of aliphatic hydroxyl groups excluding tert-OH is 2. The first kappa shape index (κ1) is 47.0. The number of nitrogens with one attached hydrogen (secondary N) is 2. The average Bonchev–Trinajstić information content (AvgIpc) is 3.71. The predicted octanol–water partition coefficient (Wildman–Crippen LogP) is -0.284. The van der Waals surface area contributed by atoms with E-state index >= 15 is 0 Å². The van der Waals surface area contributed by atoms with E-state index in [-0.39, 0.29) is 47.4 Å². The number of benzene rings is 1. The Morgan fingerprint density at radius 2 is 1.72 bits per heavy atom. The Morgan fingerprint density at radius 3 is 2.41 bits per heavy atom. The Bertz CT molecular complexity index is 2150. The Hall–Kier alpha value is -3.66. The van der Waals surface area contributed by atoms with E-state index < -0.39 is 84.6 Å². The second kappa shape index (κ2) is 20.1. The zero-order valence-electron chi connectivity index (χ0n) is 30.5. The van der Waals surface area contributed by atoms with Crippen LogP contribution in [-0.2, 0) is 50.7 Å². The molecule has 1 aliphatic rings. The minimum Gasteiger partial charge on any atom is -0.386 e. The van der Waals surface area contributed by atoms with Gasteiger partial charge in [0.05, 0.1) is 19.5 Å². The first-order valence-electron chi connectivity index (χ1n) is 16.7. The number of amides is 2. The number of phosphoric ester groups is 3. The van der Waals surface area contributed by atoms with Crippen molar-refractivity contribution >= 4 is 69.1 Å². The second-order valence-corrected chi connectivity index (χ2v) is 18.1. The molecule has 318 valence electrons. The van der Waals surface area contributed by atoms with Crippen molar-refractivity contribution in [2.24, 2.45) is 5.41 Å². The number of hydrogen-bond donors (Lipinski definition) is 9. The predicted molar refractivity (Wildman–Crippen MR) is 200 cm³/mol. The minimum absolute atomic E-state index is 0.0269. The van der Waals surface area contributed by atoms with Gasteiger partial charge in [0.1, 0.15) is 36.3 Å². The third kappa shape index (κ3) is 14.0. The molecule has 10 N–H and O–H groups in total. The lowest BCUT2D eigenvalue weighted by molar-refractivity contribution is -0.137. The fourth-order valence-corrected chi connectivity index (χ4v) is 8.30. The van der Waals surface area contributed by atoms with Gasteiger partial charge >= 0.3 is 23.5 Å². The summed E-state index contributed by atoms with van der Waals surface area (Å²) >= 11 is 0.916. The van der Waals surface area contributed by atoms with Crippen LogP contribution in [0.4, 0.5) is 5.82 Å². The molecule has 58 heavy (non-hydrogen) atoms. The molecule has 1 aromatic carbocycles. The number of imidazole rings is 1. The van der Waals surface area contributed by atoms with Crippen LogP contribution in [0.5, 0.6) is 0 Å². The van der Waals surface area contributed by atoms with E-state index in [9.17, 15) is 57.9 Å². The van der Waals surface area contributed by atoms with Gasteiger partial charge in [-0.15, -0.1) is 0 Å². The Morgan fingerprint density at radius 1 is 1.03 bits per heavy atom. The number of ether oxygens (including phenoxy) is 1. The molecule has 28 heteroatoms. The van der Waals surface area contributed by atoms with E-state index in [1.54, 1.807) is 24.3 Å². The van der Waals surface area contributed by atoms with Crippen molar-refractivity contribution < 1.29 is 80.5 Å². The van der Waals surface area contributed by atoms with Crippen molar-refractivity contribution in [3.63, 3.8) is 0 Å². The number of carbonyl (C=O) groups is 3. The summed E-state index contributed by atoms with van der Waals surface area (Å²) < 4.78 is 62.1. The van der Waals surface area contributed by atoms with Gasteiger partial charge in [0.25, 0.3) is 5.12 Å². The molecule has 2 aromatic heterocycles. The zero-order valence-corrected chi connectivity index (χ0v) is 34.0. The molecular formula is C30H40N7O17P3S. The number of carbonyl (C=O) groups excluding carboxylic acids is 3. The van der Waals surface area contributed by atoms with Crippen LogP contribution < -0.4 is 16.4 Å². The van der Waals surface area contributed by atoms with Crippen LogP contribution in [0.25, 0.3) is 11.2 Å². The summed E-state index contributed by atoms with van der Waals surface area (Å²) in [4.78, 5) is 87.6. The number of rotatable bonds is 19. The Labute approximate surface area is 333 Å². The average molecular weight is 896 g/mol. The molecule has 2 unspecified atom stereocenters. The van der Waals surface area contributed by atoms with Crippen LogP contribution >= 0.6 is 35.2 Å². The van der Waals surface area contributed by atoms with Crippen LogP contribution in [0.1, 0.15) is 32.1 Å². The maximum Gasteiger partial charge on any atom is 0.481 e. The maximum absolute atomic E-state index is 12.7. The third-order valence-corrected chi connectivity index (χ3v) is 11.7. The largest absolute Gasteiger partial charge is 0.481 e. The summed E-state index contributed by atoms with van der Waals surface area (Å²) in [5, 5.41) is 26.0. The molecule has 0 bridgehead atoms. The highest BCUT2D eigenvalue weighted by atomic mass is 32.2. The third-order valence-electron chi connectivity index (χ3n) is 7.82. The second-order valence-electron chi connectivity index (χ2n) is 12.8. The molecule has 0 spiro atoms. The molecule has 1 saturated heterocycles. The summed E-state index contributed by atoms with van der Waals surface area (Å²) in [6.45, 7) is 0.370. The van der Waals surface area contributed by atoms with Gasteiger partial charge in [0.2, 0.25) is 11.8 Å². The van der Waals surface area contributed by atoms with Gasteiger partial charge in [0, 0.05) is 36.2 Å². The molecule has 1 aliphatic heterocycles. The lowest BCUT2D eigenvalue weighted by atomic mass is 9.87. The lowest BCUT2D eigenvalue weighted by Crippen LogP contribution is -2.46. The molecule has 3 aromatic rings. The van der Waals surface area contributed by atoms with Crippen molar-refractivity contribution in [2.45, 2.75) is 50.9 Å². The molecular weight excluding hydrogens is 855 g/mol. The highest BCUT2D eigenvalue weighted by Gasteiger charge is 2.50. The van der Waals surface area contributed by atoms with Crippen molar-refractivity contribution in [1.82, 2.24) is 30.2 Å². The quantitative estimate of drug-likeness (QED) is 0.0424. The number of nitrogen functional groups attached to an aromatic ring is 1. The van der Waals surface area contributed by atoms with Gasteiger partial charge in [-0.3, -0.25) is 32.5 Å². The fraction of sp³-hybridized carbons (Fsp3) is 0.467. The van der Waals surface area contributed by atoms with Crippen LogP contribution in [-0.4, -0.2) is 123 Å². The first-order valence-corrected chi connectivity index (χ1v) is 22.2. The molecule has 3 heterocycles. The highest BCUT2D eigenvalue weighted by molar-refractivity contribution is 8.14. The molecule has 0 aliphatic carbocycles. The number of fused-ring (bicyclic) bond motifs is 1. The molecule has 4 rings (SSSR count). The normalized spacial score (nSPS) is 21.0. The summed E-state index contributed by atoms with van der Waals surface area (Å²) in [6, 6.07) is 8.90. The Kier molecular flexibility index (Phi) is 16.3. The van der Waals surface area contributed by atoms with Crippen molar-refractivity contribution in [3.8, 4) is 11.8 Å². The SMILES string of the molecule is CC(C)(COP(=O)(O)OP(=O)(O)OC[C@H]1O[C@@H](n2cnc3c(N)ncnc32)[C@H](O)[C@@H]1OP(=O)(O)O)[C@@H](O)C(=O)NCCC(=O)NCCSC(=O)C#Cc1ccccc1. The number of thioether (sulfide) groups is 1. The summed E-state index contributed by atoms with van der Waals surface area (Å²) in [5.74, 6) is 3.96. The molecule has 1 fully saturated rings. The topological polar surface area (TPSA) is 364 Å². The number of aromatic nitrogens is 4. The van der Waals surface area contributed by atoms with E-state index in [0.717, 1.165) is 29.0 Å². The smallest absolute Gasteiger partial charge is 0.386 e. The number of anilines is 1. The summed E-state index contributed by atoms with van der Waals surface area (Å²) in [5.41, 5.74) is 4.92. The number of nitrogens with two attached hydrogens (primary N) is 1. The van der Waals surface area contributed by atoms with Gasteiger partial charge < -0.3 is 50.9 Å². The van der Waals surface area contributed by atoms with Crippen LogP contribution in [0, 0.1) is 17.3 Å². The lowest BCUT2D eigenvalue weighted by Gasteiger charge is -2.30. The first-order chi connectivity index (χ1) is 27.1. The van der Waals surface area contributed by atoms with E-state index in [4.69, 9.17) is 19.5 Å². The van der Waals surface area contributed by atoms with Crippen molar-refractivity contribution in [3.05, 3.63) is 48.5 Å². The van der Waals surface area contributed by atoms with Crippen molar-refractivity contribution in [1.29, 1.82) is 0 Å². The van der Waals surface area contributed by atoms with Crippen molar-refractivity contribution in [2.75, 3.05) is 37.8 Å². The van der Waals surface area contributed by atoms with Gasteiger partial charge in [-0.25, -0.2) is 28.6 Å². The van der Waals surface area contributed by atoms with Crippen LogP contribution in [0.3, 0.4) is 0 Å². The molecule has 0 radical (unpaired) electrons. The molecule has 2 amide bonds. The van der Waals surface area contributed by atoms with Gasteiger partial charge in [-0.2, -0.15) is 4.31 Å². The maximum atomic E-state index is 12.7. The monoisotopic (exact) mass is 895 g/mol. The van der Waals surface area contributed by atoms with E-state index in [1.165, 1.54) is 13.8 Å². The number of aliphatic hydroxyl groups is 2. The summed E-state index contributed by atoms with van der Waals surface area (Å²) in [6.07, 6.45) is -6.98. The minimum atomic E-state index is -5.58. The fourth-order valence-electron chi connectivity index (χ4n) is 4.95. The van der Waals surface area contributed by atoms with Gasteiger partial charge in [-0.05, 0) is 18.1 Å². The number of hydrogen-bond acceptors (Lipinski definition) is 18. The van der Waals surface area contributed by atoms with E-state index in [2.05, 4.69) is 46.3 Å². The number of phosphoric acid groups is 3. The van der Waals surface area contributed by atoms with Gasteiger partial charge in [-0.1, -0.05) is 49.7 Å². The molecule has 0 saturated carbocycles. The number of nitrogens with zero attached hydrogens (tertiary/aromatic N) is 4. The molecule has 24 nitrogen and oxygen atoms in total. The van der Waals surface area contributed by atoms with Crippen LogP contribution in [0.15, 0.2) is 43.0 Å². The zero-order chi connectivity index (χ0) is 42.9. The van der Waals surface area contributed by atoms with E-state index in [1.807, 2.05) is 6.07 Å². The standard InChI is InChI=1S/C30H40N7O17P3S/c1-30(2,25(41)28(42)33-11-10-20(38)32-12-13-58-21(39)9-8-18-6-4-3-5-7-18)15-51-57(48,49)54-56(46,47)50-14-19-24(53-55(43,44)45)23(40)29(52-19)37-17-36-22-26(31)34-16-35-27(22)37/h3-7,16-17,19,23-25,29,40-41H,10-15H2,1-2H3,(H,32,38)(H,33,42)(H,46,47)(H,48,49)(H2,31,34,35)(H2,43,44,45)/t19-,23-,24-,25+,29-/m1/s1. The van der Waals surface area contributed by atoms with E-state index in [0.29, 0.717) is 5.56 Å².